The van der Waals surface area contributed by atoms with Crippen molar-refractivity contribution >= 4 is 5.78 Å². The van der Waals surface area contributed by atoms with E-state index >= 15 is 0 Å². The highest BCUT2D eigenvalue weighted by Gasteiger charge is 2.32. The molecular weight excluding hydrogens is 298 g/mol. The van der Waals surface area contributed by atoms with Gasteiger partial charge in [0.2, 0.25) is 0 Å². The molecule has 0 saturated carbocycles. The molecule has 2 aromatic rings. The molecule has 0 bridgehead atoms. The van der Waals surface area contributed by atoms with Gasteiger partial charge < -0.3 is 0 Å². The van der Waals surface area contributed by atoms with Gasteiger partial charge in [0, 0.05) is 19.0 Å². The van der Waals surface area contributed by atoms with E-state index in [0.717, 1.165) is 17.8 Å². The molecule has 0 aliphatic carbocycles. The van der Waals surface area contributed by atoms with Crippen LogP contribution in [0.2, 0.25) is 0 Å². The molecule has 0 N–H and O–H groups in total. The monoisotopic (exact) mass is 311 g/mol. The number of aromatic nitrogens is 1. The Labute approximate surface area is 124 Å². The summed E-state index contributed by atoms with van der Waals surface area (Å²) in [6.45, 7) is 1.78. The van der Waals surface area contributed by atoms with Crippen LogP contribution in [0.15, 0.2) is 36.5 Å². The zero-order chi connectivity index (χ0) is 16.3. The van der Waals surface area contributed by atoms with Crippen LogP contribution in [0.4, 0.5) is 17.6 Å². The standard InChI is InChI=1S/C16H13F4NO/c1-10-2-4-14(17)12(6-10)8-13(22)7-11-3-5-15(21-9-11)16(18,19)20/h2-6,9H,7-8H2,1H3. The molecule has 0 atom stereocenters. The Morgan fingerprint density at radius 2 is 1.86 bits per heavy atom. The van der Waals surface area contributed by atoms with Gasteiger partial charge in [0.25, 0.3) is 0 Å². The summed E-state index contributed by atoms with van der Waals surface area (Å²) in [6.07, 6.45) is -3.67. The Bertz CT molecular complexity index is 678. The van der Waals surface area contributed by atoms with Crippen LogP contribution in [0, 0.1) is 12.7 Å². The molecule has 0 aliphatic heterocycles. The SMILES string of the molecule is Cc1ccc(F)c(CC(=O)Cc2ccc(C(F)(F)F)nc2)c1. The first kappa shape index (κ1) is 16.1. The van der Waals surface area contributed by atoms with Crippen LogP contribution in [0.1, 0.15) is 22.4 Å². The molecule has 0 aliphatic rings. The molecule has 1 aromatic heterocycles. The van der Waals surface area contributed by atoms with E-state index in [0.29, 0.717) is 5.56 Å². The number of alkyl halides is 3. The second kappa shape index (κ2) is 6.25. The summed E-state index contributed by atoms with van der Waals surface area (Å²) in [5.74, 6) is -0.754. The molecule has 2 nitrogen and oxygen atoms in total. The van der Waals surface area contributed by atoms with Crippen LogP contribution in [0.3, 0.4) is 0 Å². The maximum Gasteiger partial charge on any atom is 0.433 e. The molecule has 0 radical (unpaired) electrons. The van der Waals surface area contributed by atoms with E-state index in [9.17, 15) is 22.4 Å². The van der Waals surface area contributed by atoms with Gasteiger partial charge in [0.05, 0.1) is 0 Å². The fourth-order valence-electron chi connectivity index (χ4n) is 2.04. The van der Waals surface area contributed by atoms with Crippen molar-refractivity contribution in [3.8, 4) is 0 Å². The first-order valence-corrected chi connectivity index (χ1v) is 6.54. The molecule has 0 amide bonds. The molecule has 116 valence electrons. The topological polar surface area (TPSA) is 30.0 Å². The predicted molar refractivity (Wildman–Crippen MR) is 72.8 cm³/mol. The Morgan fingerprint density at radius 3 is 2.45 bits per heavy atom. The van der Waals surface area contributed by atoms with Crippen LogP contribution >= 0.6 is 0 Å². The van der Waals surface area contributed by atoms with Crippen molar-refractivity contribution in [1.82, 2.24) is 4.98 Å². The minimum Gasteiger partial charge on any atom is -0.299 e. The number of halogens is 4. The van der Waals surface area contributed by atoms with Crippen molar-refractivity contribution < 1.29 is 22.4 Å². The third-order valence-electron chi connectivity index (χ3n) is 3.11. The van der Waals surface area contributed by atoms with Gasteiger partial charge in [-0.25, -0.2) is 4.39 Å². The number of hydrogen-bond donors (Lipinski definition) is 0. The predicted octanol–water partition coefficient (Wildman–Crippen LogP) is 3.90. The van der Waals surface area contributed by atoms with Gasteiger partial charge in [-0.2, -0.15) is 13.2 Å². The van der Waals surface area contributed by atoms with Crippen molar-refractivity contribution in [3.05, 3.63) is 64.7 Å². The van der Waals surface area contributed by atoms with Crippen LogP contribution < -0.4 is 0 Å². The van der Waals surface area contributed by atoms with Gasteiger partial charge in [-0.1, -0.05) is 23.8 Å². The number of pyridine rings is 1. The molecule has 1 heterocycles. The van der Waals surface area contributed by atoms with Crippen molar-refractivity contribution in [2.24, 2.45) is 0 Å². The zero-order valence-electron chi connectivity index (χ0n) is 11.7. The minimum atomic E-state index is -4.51. The van der Waals surface area contributed by atoms with Gasteiger partial charge in [0.15, 0.2) is 0 Å². The fraction of sp³-hybridized carbons (Fsp3) is 0.250. The van der Waals surface area contributed by atoms with Crippen molar-refractivity contribution in [3.63, 3.8) is 0 Å². The minimum absolute atomic E-state index is 0.0848. The lowest BCUT2D eigenvalue weighted by molar-refractivity contribution is -0.141. The first-order valence-electron chi connectivity index (χ1n) is 6.54. The molecule has 2 rings (SSSR count). The Morgan fingerprint density at radius 1 is 1.14 bits per heavy atom. The maximum absolute atomic E-state index is 13.6. The molecular formula is C16H13F4NO. The van der Waals surface area contributed by atoms with E-state index in [-0.39, 0.29) is 24.2 Å². The molecule has 0 spiro atoms. The lowest BCUT2D eigenvalue weighted by Crippen LogP contribution is -2.11. The summed E-state index contributed by atoms with van der Waals surface area (Å²) in [5, 5.41) is 0. The van der Waals surface area contributed by atoms with Crippen LogP contribution in [0.5, 0.6) is 0 Å². The molecule has 0 unspecified atom stereocenters. The zero-order valence-corrected chi connectivity index (χ0v) is 11.7. The first-order chi connectivity index (χ1) is 10.3. The molecule has 0 saturated heterocycles. The number of nitrogens with zero attached hydrogens (tertiary/aromatic N) is 1. The second-order valence-corrected chi connectivity index (χ2v) is 5.04. The summed E-state index contributed by atoms with van der Waals surface area (Å²) in [7, 11) is 0. The van der Waals surface area contributed by atoms with E-state index in [1.54, 1.807) is 19.1 Å². The van der Waals surface area contributed by atoms with E-state index in [1.165, 1.54) is 12.1 Å². The van der Waals surface area contributed by atoms with Crippen LogP contribution in [0.25, 0.3) is 0 Å². The number of benzene rings is 1. The Balaban J connectivity index is 2.04. The van der Waals surface area contributed by atoms with Gasteiger partial charge in [-0.15, -0.1) is 0 Å². The van der Waals surface area contributed by atoms with Crippen molar-refractivity contribution in [1.29, 1.82) is 0 Å². The maximum atomic E-state index is 13.6. The summed E-state index contributed by atoms with van der Waals surface area (Å²) in [6, 6.07) is 6.51. The van der Waals surface area contributed by atoms with E-state index < -0.39 is 17.7 Å². The summed E-state index contributed by atoms with van der Waals surface area (Å²) >= 11 is 0. The number of carbonyl (C=O) groups excluding carboxylic acids is 1. The smallest absolute Gasteiger partial charge is 0.299 e. The summed E-state index contributed by atoms with van der Waals surface area (Å²) in [4.78, 5) is 15.2. The third kappa shape index (κ3) is 4.13. The van der Waals surface area contributed by atoms with Gasteiger partial charge in [-0.05, 0) is 30.2 Å². The Hall–Kier alpha value is -2.24. The number of carbonyl (C=O) groups is 1. The van der Waals surface area contributed by atoms with E-state index in [1.807, 2.05) is 0 Å². The van der Waals surface area contributed by atoms with Crippen LogP contribution in [-0.4, -0.2) is 10.8 Å². The number of Topliss-reactive ketones (excluding diaryl/α,β-unsaturated/α-hetero) is 1. The highest BCUT2D eigenvalue weighted by Crippen LogP contribution is 2.27. The average molecular weight is 311 g/mol. The molecule has 6 heteroatoms. The Kier molecular flexibility index (Phi) is 4.59. The third-order valence-corrected chi connectivity index (χ3v) is 3.11. The highest BCUT2D eigenvalue weighted by atomic mass is 19.4. The van der Waals surface area contributed by atoms with E-state index in [2.05, 4.69) is 4.98 Å². The molecule has 1 aromatic carbocycles. The van der Waals surface area contributed by atoms with E-state index in [4.69, 9.17) is 0 Å². The second-order valence-electron chi connectivity index (χ2n) is 5.04. The highest BCUT2D eigenvalue weighted by molar-refractivity contribution is 5.83. The quantitative estimate of drug-likeness (QED) is 0.802. The van der Waals surface area contributed by atoms with Gasteiger partial charge in [0.1, 0.15) is 17.3 Å². The largest absolute Gasteiger partial charge is 0.433 e. The number of ketones is 1. The molecule has 22 heavy (non-hydrogen) atoms. The number of aryl methyl sites for hydroxylation is 1. The number of hydrogen-bond acceptors (Lipinski definition) is 2. The molecule has 0 fully saturated rings. The lowest BCUT2D eigenvalue weighted by Gasteiger charge is -2.07. The number of rotatable bonds is 4. The summed E-state index contributed by atoms with van der Waals surface area (Å²) < 4.78 is 50.7. The lowest BCUT2D eigenvalue weighted by atomic mass is 10.0. The van der Waals surface area contributed by atoms with Crippen LogP contribution in [-0.2, 0) is 23.8 Å². The normalized spacial score (nSPS) is 11.5. The fourth-order valence-corrected chi connectivity index (χ4v) is 2.04. The van der Waals surface area contributed by atoms with Crippen molar-refractivity contribution in [2.75, 3.05) is 0 Å². The van der Waals surface area contributed by atoms with Gasteiger partial charge >= 0.3 is 6.18 Å². The van der Waals surface area contributed by atoms with Crippen molar-refractivity contribution in [2.45, 2.75) is 25.9 Å². The average Bonchev–Trinajstić information content (AvgIpc) is 2.42. The van der Waals surface area contributed by atoms with Gasteiger partial charge in [-0.3, -0.25) is 9.78 Å². The summed E-state index contributed by atoms with van der Waals surface area (Å²) in [5.41, 5.74) is 0.477.